The van der Waals surface area contributed by atoms with E-state index in [1.54, 1.807) is 18.2 Å². The normalized spacial score (nSPS) is 11.2. The predicted octanol–water partition coefficient (Wildman–Crippen LogP) is 5.23. The van der Waals surface area contributed by atoms with Crippen LogP contribution < -0.4 is 5.56 Å². The average Bonchev–Trinajstić information content (AvgIpc) is 2.74. The second-order valence-electron chi connectivity index (χ2n) is 6.49. The maximum Gasteiger partial charge on any atom is 0.282 e. The lowest BCUT2D eigenvalue weighted by Crippen LogP contribution is -2.19. The fourth-order valence-electron chi connectivity index (χ4n) is 3.36. The molecule has 0 N–H and O–H groups in total. The van der Waals surface area contributed by atoms with Gasteiger partial charge in [0, 0.05) is 16.1 Å². The molecule has 0 saturated heterocycles. The summed E-state index contributed by atoms with van der Waals surface area (Å²) >= 11 is 6.09. The van der Waals surface area contributed by atoms with Crippen LogP contribution in [0.2, 0.25) is 5.02 Å². The molecular formula is C23H14ClN3O. The van der Waals surface area contributed by atoms with Crippen LogP contribution in [0, 0.1) is 0 Å². The van der Waals surface area contributed by atoms with Gasteiger partial charge in [0.25, 0.3) is 5.56 Å². The third-order valence-corrected chi connectivity index (χ3v) is 4.93. The first kappa shape index (κ1) is 16.7. The van der Waals surface area contributed by atoms with Crippen LogP contribution in [0.25, 0.3) is 38.9 Å². The molecule has 2 heterocycles. The molecule has 0 radical (unpaired) electrons. The van der Waals surface area contributed by atoms with E-state index in [1.165, 1.54) is 4.52 Å². The lowest BCUT2D eigenvalue weighted by atomic mass is 10.00. The quantitative estimate of drug-likeness (QED) is 0.392. The number of rotatable bonds is 2. The lowest BCUT2D eigenvalue weighted by molar-refractivity contribution is 0.888. The minimum absolute atomic E-state index is 0.214. The van der Waals surface area contributed by atoms with E-state index in [2.05, 4.69) is 4.98 Å². The van der Waals surface area contributed by atoms with Crippen LogP contribution in [0.15, 0.2) is 89.7 Å². The van der Waals surface area contributed by atoms with Gasteiger partial charge in [-0.3, -0.25) is 4.79 Å². The monoisotopic (exact) mass is 383 g/mol. The first-order chi connectivity index (χ1) is 13.7. The molecule has 0 atom stereocenters. The van der Waals surface area contributed by atoms with Crippen molar-refractivity contribution in [3.8, 4) is 22.4 Å². The molecule has 5 heteroatoms. The van der Waals surface area contributed by atoms with Gasteiger partial charge >= 0.3 is 0 Å². The van der Waals surface area contributed by atoms with E-state index in [4.69, 9.17) is 16.7 Å². The largest absolute Gasteiger partial charge is 0.282 e. The van der Waals surface area contributed by atoms with Gasteiger partial charge in [-0.15, -0.1) is 0 Å². The van der Waals surface area contributed by atoms with Crippen molar-refractivity contribution in [1.82, 2.24) is 14.6 Å². The highest BCUT2D eigenvalue weighted by Gasteiger charge is 2.14. The van der Waals surface area contributed by atoms with Crippen LogP contribution in [0.3, 0.4) is 0 Å². The molecule has 0 spiro atoms. The maximum absolute atomic E-state index is 13.0. The second kappa shape index (κ2) is 6.59. The van der Waals surface area contributed by atoms with Crippen LogP contribution in [-0.4, -0.2) is 14.6 Å². The average molecular weight is 384 g/mol. The number of fused-ring (bicyclic) bond motifs is 2. The van der Waals surface area contributed by atoms with Crippen LogP contribution in [0.4, 0.5) is 0 Å². The molecule has 4 nitrogen and oxygen atoms in total. The SMILES string of the molecule is O=c1c2ccc(Cl)cc2nc2cc(-c3ccccc3)c(-c3ccccc3)nn12. The van der Waals surface area contributed by atoms with Crippen LogP contribution in [-0.2, 0) is 0 Å². The van der Waals surface area contributed by atoms with E-state index >= 15 is 0 Å². The van der Waals surface area contributed by atoms with Gasteiger partial charge in [0.1, 0.15) is 0 Å². The highest BCUT2D eigenvalue weighted by Crippen LogP contribution is 2.31. The van der Waals surface area contributed by atoms with E-state index in [9.17, 15) is 4.79 Å². The van der Waals surface area contributed by atoms with E-state index < -0.39 is 0 Å². The molecule has 28 heavy (non-hydrogen) atoms. The summed E-state index contributed by atoms with van der Waals surface area (Å²) in [6.07, 6.45) is 0. The van der Waals surface area contributed by atoms with Crippen molar-refractivity contribution in [2.75, 3.05) is 0 Å². The van der Waals surface area contributed by atoms with Crippen LogP contribution in [0.1, 0.15) is 0 Å². The number of benzene rings is 3. The van der Waals surface area contributed by atoms with E-state index in [-0.39, 0.29) is 5.56 Å². The molecule has 0 amide bonds. The molecule has 5 aromatic rings. The van der Waals surface area contributed by atoms with Crippen molar-refractivity contribution in [1.29, 1.82) is 0 Å². The minimum atomic E-state index is -0.214. The van der Waals surface area contributed by atoms with Gasteiger partial charge in [-0.25, -0.2) is 4.98 Å². The Labute approximate surface area is 165 Å². The van der Waals surface area contributed by atoms with Crippen molar-refractivity contribution in [2.24, 2.45) is 0 Å². The van der Waals surface area contributed by atoms with Crippen LogP contribution in [0.5, 0.6) is 0 Å². The Morgan fingerprint density at radius 2 is 1.46 bits per heavy atom. The summed E-state index contributed by atoms with van der Waals surface area (Å²) in [5.41, 5.74) is 4.43. The molecule has 0 unspecified atom stereocenters. The summed E-state index contributed by atoms with van der Waals surface area (Å²) in [6.45, 7) is 0. The molecule has 3 aromatic carbocycles. The van der Waals surface area contributed by atoms with E-state index in [1.807, 2.05) is 66.7 Å². The minimum Gasteiger partial charge on any atom is -0.267 e. The smallest absolute Gasteiger partial charge is 0.267 e. The Hall–Kier alpha value is -3.50. The standard InChI is InChI=1S/C23H14ClN3O/c24-17-11-12-18-20(13-17)25-21-14-19(15-7-3-1-4-8-15)22(26-27(21)23(18)28)16-9-5-2-6-10-16/h1-14H. The number of halogens is 1. The molecule has 0 aliphatic carbocycles. The van der Waals surface area contributed by atoms with Gasteiger partial charge in [0.15, 0.2) is 5.65 Å². The van der Waals surface area contributed by atoms with E-state index in [0.29, 0.717) is 21.6 Å². The Bertz CT molecular complexity index is 1380. The summed E-state index contributed by atoms with van der Waals surface area (Å²) in [5.74, 6) is 0. The summed E-state index contributed by atoms with van der Waals surface area (Å²) < 4.78 is 1.37. The predicted molar refractivity (Wildman–Crippen MR) is 113 cm³/mol. The van der Waals surface area contributed by atoms with Crippen molar-refractivity contribution in [3.05, 3.63) is 100 Å². The first-order valence-corrected chi connectivity index (χ1v) is 9.23. The fourth-order valence-corrected chi connectivity index (χ4v) is 3.52. The number of aromatic nitrogens is 3. The summed E-state index contributed by atoms with van der Waals surface area (Å²) in [5, 5.41) is 5.73. The number of hydrogen-bond acceptors (Lipinski definition) is 3. The Morgan fingerprint density at radius 1 is 0.786 bits per heavy atom. The zero-order valence-electron chi connectivity index (χ0n) is 14.7. The molecule has 0 aliphatic rings. The molecule has 0 saturated carbocycles. The maximum atomic E-state index is 13.0. The molecule has 0 bridgehead atoms. The number of hydrogen-bond donors (Lipinski definition) is 0. The second-order valence-corrected chi connectivity index (χ2v) is 6.92. The fraction of sp³-hybridized carbons (Fsp3) is 0. The summed E-state index contributed by atoms with van der Waals surface area (Å²) in [6, 6.07) is 26.8. The van der Waals surface area contributed by atoms with Gasteiger partial charge in [-0.2, -0.15) is 9.61 Å². The highest BCUT2D eigenvalue weighted by atomic mass is 35.5. The van der Waals surface area contributed by atoms with Crippen LogP contribution >= 0.6 is 11.6 Å². The Kier molecular flexibility index (Phi) is 3.92. The van der Waals surface area contributed by atoms with Gasteiger partial charge in [0.05, 0.1) is 16.6 Å². The Balaban J connectivity index is 1.91. The van der Waals surface area contributed by atoms with Crippen molar-refractivity contribution >= 4 is 28.2 Å². The third-order valence-electron chi connectivity index (χ3n) is 4.70. The molecular weight excluding hydrogens is 370 g/mol. The van der Waals surface area contributed by atoms with Gasteiger partial charge in [-0.05, 0) is 29.8 Å². The summed E-state index contributed by atoms with van der Waals surface area (Å²) in [7, 11) is 0. The molecule has 2 aromatic heterocycles. The number of nitrogens with zero attached hydrogens (tertiary/aromatic N) is 3. The highest BCUT2D eigenvalue weighted by molar-refractivity contribution is 6.31. The van der Waals surface area contributed by atoms with Crippen molar-refractivity contribution in [3.63, 3.8) is 0 Å². The third kappa shape index (κ3) is 2.75. The molecule has 5 rings (SSSR count). The first-order valence-electron chi connectivity index (χ1n) is 8.85. The van der Waals surface area contributed by atoms with Crippen molar-refractivity contribution in [2.45, 2.75) is 0 Å². The van der Waals surface area contributed by atoms with Gasteiger partial charge < -0.3 is 0 Å². The molecule has 134 valence electrons. The van der Waals surface area contributed by atoms with Gasteiger partial charge in [-0.1, -0.05) is 72.3 Å². The molecule has 0 aliphatic heterocycles. The lowest BCUT2D eigenvalue weighted by Gasteiger charge is -2.12. The Morgan fingerprint density at radius 3 is 2.18 bits per heavy atom. The van der Waals surface area contributed by atoms with Crippen molar-refractivity contribution < 1.29 is 0 Å². The van der Waals surface area contributed by atoms with Gasteiger partial charge in [0.2, 0.25) is 0 Å². The summed E-state index contributed by atoms with van der Waals surface area (Å²) in [4.78, 5) is 17.7. The van der Waals surface area contributed by atoms with E-state index in [0.717, 1.165) is 22.4 Å². The topological polar surface area (TPSA) is 47.3 Å². The zero-order chi connectivity index (χ0) is 19.1. The zero-order valence-corrected chi connectivity index (χ0v) is 15.5. The molecule has 0 fully saturated rings.